The number of hydrogen-bond donors (Lipinski definition) is 4. The molecule has 164 valence electrons. The summed E-state index contributed by atoms with van der Waals surface area (Å²) in [6.45, 7) is 0.944. The molecule has 1 aromatic rings. The molecule has 0 heterocycles. The number of amides is 3. The lowest BCUT2D eigenvalue weighted by atomic mass is 10.0. The maximum atomic E-state index is 12.5. The number of rotatable bonds is 10. The number of carbonyl (C=O) groups excluding carboxylic acids is 4. The van der Waals surface area contributed by atoms with E-state index in [9.17, 15) is 19.2 Å². The summed E-state index contributed by atoms with van der Waals surface area (Å²) >= 11 is 0. The molecule has 1 aliphatic carbocycles. The SMILES string of the molecule is C[C@H](N)C(=O)N[C@@H](Cc1ccccc1)C(=O)NCC(=O)NCC(=O)OC1CCCC1. The van der Waals surface area contributed by atoms with Crippen LogP contribution in [-0.4, -0.2) is 55.0 Å². The van der Waals surface area contributed by atoms with Crippen molar-refractivity contribution in [2.75, 3.05) is 13.1 Å². The monoisotopic (exact) mass is 418 g/mol. The molecule has 30 heavy (non-hydrogen) atoms. The van der Waals surface area contributed by atoms with Gasteiger partial charge in [-0.3, -0.25) is 19.2 Å². The summed E-state index contributed by atoms with van der Waals surface area (Å²) in [7, 11) is 0. The molecule has 5 N–H and O–H groups in total. The molecular formula is C21H30N4O5. The Morgan fingerprint density at radius 2 is 1.70 bits per heavy atom. The van der Waals surface area contributed by atoms with E-state index in [1.54, 1.807) is 0 Å². The number of carbonyl (C=O) groups is 4. The Labute approximate surface area is 176 Å². The van der Waals surface area contributed by atoms with Crippen LogP contribution in [0, 0.1) is 0 Å². The highest BCUT2D eigenvalue weighted by atomic mass is 16.5. The van der Waals surface area contributed by atoms with E-state index in [1.165, 1.54) is 6.92 Å². The Hall–Kier alpha value is -2.94. The smallest absolute Gasteiger partial charge is 0.325 e. The Bertz CT molecular complexity index is 732. The summed E-state index contributed by atoms with van der Waals surface area (Å²) in [5.41, 5.74) is 6.42. The number of benzene rings is 1. The lowest BCUT2D eigenvalue weighted by Crippen LogP contribution is -2.53. The van der Waals surface area contributed by atoms with Crippen molar-refractivity contribution in [2.24, 2.45) is 5.73 Å². The highest BCUT2D eigenvalue weighted by Crippen LogP contribution is 2.20. The van der Waals surface area contributed by atoms with Gasteiger partial charge >= 0.3 is 5.97 Å². The van der Waals surface area contributed by atoms with Gasteiger partial charge in [0, 0.05) is 6.42 Å². The second kappa shape index (κ2) is 11.9. The van der Waals surface area contributed by atoms with E-state index in [0.29, 0.717) is 0 Å². The Kier molecular flexibility index (Phi) is 9.27. The van der Waals surface area contributed by atoms with Crippen LogP contribution in [0.15, 0.2) is 30.3 Å². The van der Waals surface area contributed by atoms with E-state index >= 15 is 0 Å². The van der Waals surface area contributed by atoms with E-state index in [0.717, 1.165) is 31.2 Å². The first-order chi connectivity index (χ1) is 14.3. The van der Waals surface area contributed by atoms with E-state index in [1.807, 2.05) is 30.3 Å². The minimum Gasteiger partial charge on any atom is -0.461 e. The Morgan fingerprint density at radius 1 is 1.03 bits per heavy atom. The fraction of sp³-hybridized carbons (Fsp3) is 0.524. The fourth-order valence-electron chi connectivity index (χ4n) is 3.12. The Balaban J connectivity index is 1.80. The van der Waals surface area contributed by atoms with Crippen molar-refractivity contribution in [1.29, 1.82) is 0 Å². The van der Waals surface area contributed by atoms with Crippen LogP contribution in [0.1, 0.15) is 38.2 Å². The topological polar surface area (TPSA) is 140 Å². The number of nitrogens with one attached hydrogen (secondary N) is 3. The van der Waals surface area contributed by atoms with Crippen molar-refractivity contribution < 1.29 is 23.9 Å². The van der Waals surface area contributed by atoms with Crippen LogP contribution < -0.4 is 21.7 Å². The number of esters is 1. The Morgan fingerprint density at radius 3 is 2.33 bits per heavy atom. The molecule has 0 saturated heterocycles. The molecular weight excluding hydrogens is 388 g/mol. The zero-order chi connectivity index (χ0) is 21.9. The lowest BCUT2D eigenvalue weighted by molar-refractivity contribution is -0.148. The third kappa shape index (κ3) is 8.20. The zero-order valence-corrected chi connectivity index (χ0v) is 17.2. The zero-order valence-electron chi connectivity index (χ0n) is 17.2. The van der Waals surface area contributed by atoms with Crippen molar-refractivity contribution in [1.82, 2.24) is 16.0 Å². The van der Waals surface area contributed by atoms with Gasteiger partial charge in [-0.15, -0.1) is 0 Å². The van der Waals surface area contributed by atoms with E-state index in [4.69, 9.17) is 10.5 Å². The quantitative estimate of drug-likeness (QED) is 0.387. The molecule has 1 aromatic carbocycles. The predicted octanol–water partition coefficient (Wildman–Crippen LogP) is -0.221. The minimum absolute atomic E-state index is 0.0682. The standard InChI is InChI=1S/C21H30N4O5/c1-14(22)20(28)25-17(11-15-7-3-2-4-8-15)21(29)24-12-18(26)23-13-19(27)30-16-9-5-6-10-16/h2-4,7-8,14,16-17H,5-6,9-13,22H2,1H3,(H,23,26)(H,24,29)(H,25,28)/t14-,17-/m0/s1. The molecule has 0 radical (unpaired) electrons. The van der Waals surface area contributed by atoms with Crippen LogP contribution in [0.2, 0.25) is 0 Å². The van der Waals surface area contributed by atoms with Gasteiger partial charge in [0.25, 0.3) is 0 Å². The second-order valence-electron chi connectivity index (χ2n) is 7.43. The average Bonchev–Trinajstić information content (AvgIpc) is 3.23. The molecule has 1 aliphatic rings. The summed E-state index contributed by atoms with van der Waals surface area (Å²) in [4.78, 5) is 48.2. The molecule has 2 atom stereocenters. The second-order valence-corrected chi connectivity index (χ2v) is 7.43. The van der Waals surface area contributed by atoms with Crippen LogP contribution in [-0.2, 0) is 30.3 Å². The number of hydrogen-bond acceptors (Lipinski definition) is 6. The van der Waals surface area contributed by atoms with Crippen molar-refractivity contribution in [3.8, 4) is 0 Å². The summed E-state index contributed by atoms with van der Waals surface area (Å²) in [6.07, 6.45) is 3.97. The fourth-order valence-corrected chi connectivity index (χ4v) is 3.12. The molecule has 9 heteroatoms. The van der Waals surface area contributed by atoms with Crippen LogP contribution in [0.25, 0.3) is 0 Å². The average molecular weight is 418 g/mol. The maximum Gasteiger partial charge on any atom is 0.325 e. The molecule has 9 nitrogen and oxygen atoms in total. The molecule has 1 fully saturated rings. The highest BCUT2D eigenvalue weighted by Gasteiger charge is 2.23. The maximum absolute atomic E-state index is 12.5. The highest BCUT2D eigenvalue weighted by molar-refractivity contribution is 5.92. The molecule has 0 aliphatic heterocycles. The van der Waals surface area contributed by atoms with Gasteiger partial charge in [0.1, 0.15) is 18.7 Å². The van der Waals surface area contributed by atoms with Gasteiger partial charge in [-0.1, -0.05) is 30.3 Å². The molecule has 3 amide bonds. The predicted molar refractivity (Wildman–Crippen MR) is 110 cm³/mol. The molecule has 0 spiro atoms. The van der Waals surface area contributed by atoms with Gasteiger partial charge in [0.05, 0.1) is 12.6 Å². The van der Waals surface area contributed by atoms with Gasteiger partial charge in [-0.2, -0.15) is 0 Å². The number of ether oxygens (including phenoxy) is 1. The normalized spacial score (nSPS) is 15.7. The van der Waals surface area contributed by atoms with Gasteiger partial charge < -0.3 is 26.4 Å². The largest absolute Gasteiger partial charge is 0.461 e. The van der Waals surface area contributed by atoms with Gasteiger partial charge in [0.2, 0.25) is 17.7 Å². The van der Waals surface area contributed by atoms with Gasteiger partial charge in [0.15, 0.2) is 0 Å². The molecule has 1 saturated carbocycles. The van der Waals surface area contributed by atoms with E-state index < -0.39 is 35.8 Å². The van der Waals surface area contributed by atoms with Crippen LogP contribution >= 0.6 is 0 Å². The van der Waals surface area contributed by atoms with Crippen LogP contribution in [0.4, 0.5) is 0 Å². The summed E-state index contributed by atoms with van der Waals surface area (Å²) in [6, 6.07) is 7.52. The first kappa shape index (κ1) is 23.3. The summed E-state index contributed by atoms with van der Waals surface area (Å²) in [5.74, 6) is -2.00. The van der Waals surface area contributed by atoms with Crippen molar-refractivity contribution in [3.63, 3.8) is 0 Å². The van der Waals surface area contributed by atoms with Gasteiger partial charge in [-0.25, -0.2) is 0 Å². The van der Waals surface area contributed by atoms with Crippen molar-refractivity contribution in [2.45, 2.75) is 57.2 Å². The molecule has 2 rings (SSSR count). The first-order valence-corrected chi connectivity index (χ1v) is 10.2. The number of nitrogens with two attached hydrogens (primary N) is 1. The molecule has 0 unspecified atom stereocenters. The van der Waals surface area contributed by atoms with Crippen LogP contribution in [0.5, 0.6) is 0 Å². The van der Waals surface area contributed by atoms with Gasteiger partial charge in [-0.05, 0) is 38.2 Å². The summed E-state index contributed by atoms with van der Waals surface area (Å²) in [5, 5.41) is 7.51. The van der Waals surface area contributed by atoms with Crippen LogP contribution in [0.3, 0.4) is 0 Å². The third-order valence-electron chi connectivity index (χ3n) is 4.78. The lowest BCUT2D eigenvalue weighted by Gasteiger charge is -2.19. The summed E-state index contributed by atoms with van der Waals surface area (Å²) < 4.78 is 5.26. The molecule has 0 bridgehead atoms. The molecule has 0 aromatic heterocycles. The van der Waals surface area contributed by atoms with Crippen molar-refractivity contribution in [3.05, 3.63) is 35.9 Å². The van der Waals surface area contributed by atoms with E-state index in [2.05, 4.69) is 16.0 Å². The third-order valence-corrected chi connectivity index (χ3v) is 4.78. The van der Waals surface area contributed by atoms with E-state index in [-0.39, 0.29) is 25.6 Å². The van der Waals surface area contributed by atoms with Crippen molar-refractivity contribution >= 4 is 23.7 Å². The first-order valence-electron chi connectivity index (χ1n) is 10.2. The minimum atomic E-state index is -0.883.